The van der Waals surface area contributed by atoms with Crippen LogP contribution in [0.4, 0.5) is 13.2 Å². The van der Waals surface area contributed by atoms with Gasteiger partial charge in [0.2, 0.25) is 0 Å². The number of hydrogen-bond acceptors (Lipinski definition) is 3. The molecule has 116 valence electrons. The number of amidine groups is 1. The van der Waals surface area contributed by atoms with Crippen molar-refractivity contribution in [1.29, 1.82) is 0 Å². The number of nitrogens with zero attached hydrogens (tertiary/aromatic N) is 2. The van der Waals surface area contributed by atoms with Gasteiger partial charge in [-0.2, -0.15) is 13.2 Å². The number of fused-ring (bicyclic) bond motifs is 2. The second kappa shape index (κ2) is 5.79. The first kappa shape index (κ1) is 15.4. The van der Waals surface area contributed by atoms with Crippen LogP contribution in [0.3, 0.4) is 0 Å². The summed E-state index contributed by atoms with van der Waals surface area (Å²) in [6, 6.07) is 0. The first-order valence-corrected chi connectivity index (χ1v) is 7.04. The fraction of sp³-hybridized carbons (Fsp3) is 0.923. The highest BCUT2D eigenvalue weighted by molar-refractivity contribution is 5.83. The molecule has 3 N–H and O–H groups in total. The van der Waals surface area contributed by atoms with Crippen molar-refractivity contribution in [2.45, 2.75) is 31.9 Å². The van der Waals surface area contributed by atoms with E-state index in [1.165, 1.54) is 19.3 Å². The van der Waals surface area contributed by atoms with Crippen LogP contribution in [0.5, 0.6) is 0 Å². The maximum absolute atomic E-state index is 12.9. The van der Waals surface area contributed by atoms with Gasteiger partial charge in [-0.1, -0.05) is 11.6 Å². The molecule has 0 saturated heterocycles. The quantitative estimate of drug-likeness (QED) is 0.354. The molecule has 0 radical (unpaired) electrons. The Morgan fingerprint density at radius 2 is 2.10 bits per heavy atom. The maximum Gasteiger partial charge on any atom is 0.400 e. The molecule has 0 amide bonds. The summed E-state index contributed by atoms with van der Waals surface area (Å²) < 4.78 is 38.6. The van der Waals surface area contributed by atoms with E-state index in [0.29, 0.717) is 18.4 Å². The lowest BCUT2D eigenvalue weighted by Crippen LogP contribution is -2.44. The van der Waals surface area contributed by atoms with E-state index >= 15 is 0 Å². The molecule has 2 fully saturated rings. The predicted molar refractivity (Wildman–Crippen MR) is 69.4 cm³/mol. The van der Waals surface area contributed by atoms with Crippen LogP contribution < -0.4 is 5.73 Å². The maximum atomic E-state index is 12.9. The van der Waals surface area contributed by atoms with E-state index in [1.807, 2.05) is 0 Å². The molecule has 0 heterocycles. The van der Waals surface area contributed by atoms with Gasteiger partial charge in [0.05, 0.1) is 0 Å². The van der Waals surface area contributed by atoms with Crippen molar-refractivity contribution in [2.75, 3.05) is 20.1 Å². The Kier molecular flexibility index (Phi) is 4.46. The van der Waals surface area contributed by atoms with E-state index in [0.717, 1.165) is 12.3 Å². The standard InChI is InChI=1S/C13H22F3N3O/c1-19(6-10-5-8-2-3-9(10)4-8)7-11(12(17)18-20)13(14,15)16/h8-11,20H,2-7H2,1H3,(H2,17,18). The molecule has 0 aromatic heterocycles. The van der Waals surface area contributed by atoms with E-state index in [-0.39, 0.29) is 6.54 Å². The normalized spacial score (nSPS) is 32.0. The average Bonchev–Trinajstić information content (AvgIpc) is 2.95. The minimum atomic E-state index is -4.49. The Morgan fingerprint density at radius 1 is 1.40 bits per heavy atom. The van der Waals surface area contributed by atoms with Gasteiger partial charge in [-0.15, -0.1) is 0 Å². The predicted octanol–water partition coefficient (Wildman–Crippen LogP) is 2.28. The van der Waals surface area contributed by atoms with E-state index in [9.17, 15) is 13.2 Å². The minimum absolute atomic E-state index is 0.257. The number of nitrogens with two attached hydrogens (primary N) is 1. The van der Waals surface area contributed by atoms with Crippen molar-refractivity contribution in [3.63, 3.8) is 0 Å². The third kappa shape index (κ3) is 3.37. The second-order valence-corrected chi connectivity index (χ2v) is 6.28. The number of hydrogen-bond donors (Lipinski definition) is 2. The van der Waals surface area contributed by atoms with Crippen LogP contribution in [0.1, 0.15) is 25.7 Å². The van der Waals surface area contributed by atoms with Crippen molar-refractivity contribution in [2.24, 2.45) is 34.6 Å². The van der Waals surface area contributed by atoms with Gasteiger partial charge in [0.15, 0.2) is 5.84 Å². The SMILES string of the molecule is CN(CC1CC2CCC1C2)CC(C(N)=NO)C(F)(F)F. The lowest BCUT2D eigenvalue weighted by Gasteiger charge is -2.30. The highest BCUT2D eigenvalue weighted by Gasteiger charge is 2.44. The van der Waals surface area contributed by atoms with Crippen LogP contribution >= 0.6 is 0 Å². The molecular formula is C13H22F3N3O. The number of alkyl halides is 3. The summed E-state index contributed by atoms with van der Waals surface area (Å²) >= 11 is 0. The third-order valence-electron chi connectivity index (χ3n) is 4.79. The molecule has 4 unspecified atom stereocenters. The first-order chi connectivity index (χ1) is 9.31. The third-order valence-corrected chi connectivity index (χ3v) is 4.79. The molecule has 4 atom stereocenters. The Hall–Kier alpha value is -0.980. The number of halogens is 3. The van der Waals surface area contributed by atoms with Gasteiger partial charge in [-0.3, -0.25) is 0 Å². The summed E-state index contributed by atoms with van der Waals surface area (Å²) in [4.78, 5) is 1.67. The van der Waals surface area contributed by atoms with E-state index in [4.69, 9.17) is 10.9 Å². The van der Waals surface area contributed by atoms with Crippen LogP contribution in [0.15, 0.2) is 5.16 Å². The Balaban J connectivity index is 1.90. The summed E-state index contributed by atoms with van der Waals surface area (Å²) in [5.74, 6) is -0.718. The largest absolute Gasteiger partial charge is 0.409 e. The number of rotatable bonds is 5. The Bertz CT molecular complexity index is 372. The highest BCUT2D eigenvalue weighted by atomic mass is 19.4. The lowest BCUT2D eigenvalue weighted by molar-refractivity contribution is -0.159. The van der Waals surface area contributed by atoms with Gasteiger partial charge in [0.1, 0.15) is 5.92 Å². The van der Waals surface area contributed by atoms with Gasteiger partial charge < -0.3 is 15.8 Å². The molecule has 0 spiro atoms. The minimum Gasteiger partial charge on any atom is -0.409 e. The first-order valence-electron chi connectivity index (χ1n) is 7.04. The van der Waals surface area contributed by atoms with Crippen molar-refractivity contribution in [3.8, 4) is 0 Å². The molecule has 2 saturated carbocycles. The Morgan fingerprint density at radius 3 is 2.55 bits per heavy atom. The van der Waals surface area contributed by atoms with Crippen molar-refractivity contribution >= 4 is 5.84 Å². The molecule has 4 nitrogen and oxygen atoms in total. The van der Waals surface area contributed by atoms with Gasteiger partial charge in [-0.05, 0) is 44.1 Å². The smallest absolute Gasteiger partial charge is 0.400 e. The van der Waals surface area contributed by atoms with Crippen molar-refractivity contribution in [1.82, 2.24) is 4.90 Å². The van der Waals surface area contributed by atoms with E-state index in [2.05, 4.69) is 5.16 Å². The van der Waals surface area contributed by atoms with Crippen molar-refractivity contribution in [3.05, 3.63) is 0 Å². The van der Waals surface area contributed by atoms with Crippen LogP contribution in [0.25, 0.3) is 0 Å². The molecule has 0 aliphatic heterocycles. The van der Waals surface area contributed by atoms with Crippen LogP contribution in [-0.2, 0) is 0 Å². The van der Waals surface area contributed by atoms with Gasteiger partial charge in [0, 0.05) is 13.1 Å². The van der Waals surface area contributed by atoms with Crippen LogP contribution in [0.2, 0.25) is 0 Å². The molecule has 0 aromatic rings. The molecule has 2 aliphatic rings. The average molecular weight is 293 g/mol. The van der Waals surface area contributed by atoms with Crippen LogP contribution in [-0.4, -0.2) is 42.3 Å². The fourth-order valence-corrected chi connectivity index (χ4v) is 3.82. The summed E-state index contributed by atoms with van der Waals surface area (Å²) in [5, 5.41) is 11.0. The lowest BCUT2D eigenvalue weighted by atomic mass is 9.88. The molecule has 2 aliphatic carbocycles. The second-order valence-electron chi connectivity index (χ2n) is 6.28. The van der Waals surface area contributed by atoms with Gasteiger partial charge >= 0.3 is 6.18 Å². The molecule has 0 aromatic carbocycles. The summed E-state index contributed by atoms with van der Waals surface area (Å²) in [6.45, 7) is 0.403. The topological polar surface area (TPSA) is 61.8 Å². The fourth-order valence-electron chi connectivity index (χ4n) is 3.82. The summed E-state index contributed by atoms with van der Waals surface area (Å²) in [5.41, 5.74) is 5.17. The zero-order valence-electron chi connectivity index (χ0n) is 11.6. The van der Waals surface area contributed by atoms with E-state index in [1.54, 1.807) is 11.9 Å². The zero-order chi connectivity index (χ0) is 14.9. The highest BCUT2D eigenvalue weighted by Crippen LogP contribution is 2.48. The monoisotopic (exact) mass is 293 g/mol. The van der Waals surface area contributed by atoms with Gasteiger partial charge in [-0.25, -0.2) is 0 Å². The summed E-state index contributed by atoms with van der Waals surface area (Å²) in [7, 11) is 1.68. The molecule has 7 heteroatoms. The molecular weight excluding hydrogens is 271 g/mol. The van der Waals surface area contributed by atoms with Gasteiger partial charge in [0.25, 0.3) is 0 Å². The molecule has 2 bridgehead atoms. The van der Waals surface area contributed by atoms with Crippen molar-refractivity contribution < 1.29 is 18.4 Å². The zero-order valence-corrected chi connectivity index (χ0v) is 11.6. The van der Waals surface area contributed by atoms with E-state index < -0.39 is 17.9 Å². The molecule has 20 heavy (non-hydrogen) atoms. The van der Waals surface area contributed by atoms with Crippen LogP contribution in [0, 0.1) is 23.7 Å². The molecule has 2 rings (SSSR count). The Labute approximate surface area is 116 Å². The number of oxime groups is 1. The summed E-state index contributed by atoms with van der Waals surface area (Å²) in [6.07, 6.45) is 0.377.